The van der Waals surface area contributed by atoms with Gasteiger partial charge in [0.15, 0.2) is 0 Å². The van der Waals surface area contributed by atoms with E-state index in [-0.39, 0.29) is 0 Å². The van der Waals surface area contributed by atoms with Gasteiger partial charge in [-0.3, -0.25) is 4.68 Å². The van der Waals surface area contributed by atoms with E-state index in [1.54, 1.807) is 11.3 Å². The van der Waals surface area contributed by atoms with Crippen LogP contribution in [0.5, 0.6) is 0 Å². The fourth-order valence-corrected chi connectivity index (χ4v) is 3.41. The summed E-state index contributed by atoms with van der Waals surface area (Å²) < 4.78 is 3.09. The third-order valence-corrected chi connectivity index (χ3v) is 4.86. The minimum atomic E-state index is 0.739. The van der Waals surface area contributed by atoms with Gasteiger partial charge in [-0.1, -0.05) is 11.6 Å². The van der Waals surface area contributed by atoms with Crippen LogP contribution in [0.3, 0.4) is 0 Å². The maximum absolute atomic E-state index is 6.25. The molecule has 0 radical (unpaired) electrons. The zero-order valence-corrected chi connectivity index (χ0v) is 13.5. The topological polar surface area (TPSA) is 29.9 Å². The molecule has 0 fully saturated rings. The van der Waals surface area contributed by atoms with E-state index in [2.05, 4.69) is 44.7 Å². The highest BCUT2D eigenvalue weighted by atomic mass is 79.9. The molecule has 0 bridgehead atoms. The number of halogens is 2. The van der Waals surface area contributed by atoms with E-state index in [0.717, 1.165) is 40.5 Å². The molecule has 0 aromatic carbocycles. The summed E-state index contributed by atoms with van der Waals surface area (Å²) in [6, 6.07) is 2.13. The quantitative estimate of drug-likeness (QED) is 0.886. The van der Waals surface area contributed by atoms with Crippen molar-refractivity contribution in [1.82, 2.24) is 15.1 Å². The van der Waals surface area contributed by atoms with Crippen molar-refractivity contribution in [1.29, 1.82) is 0 Å². The van der Waals surface area contributed by atoms with E-state index in [9.17, 15) is 0 Å². The number of aryl methyl sites for hydroxylation is 2. The van der Waals surface area contributed by atoms with Crippen LogP contribution in [0.2, 0.25) is 5.02 Å². The molecule has 6 heteroatoms. The summed E-state index contributed by atoms with van der Waals surface area (Å²) in [7, 11) is 0. The smallest absolute Gasteiger partial charge is 0.0860 e. The van der Waals surface area contributed by atoms with Crippen LogP contribution >= 0.6 is 38.9 Å². The van der Waals surface area contributed by atoms with Crippen molar-refractivity contribution in [2.45, 2.75) is 33.5 Å². The molecular formula is C12H15BrClN3S. The predicted octanol–water partition coefficient (Wildman–Crippen LogP) is 3.98. The molecule has 0 unspecified atom stereocenters. The molecular weight excluding hydrogens is 334 g/mol. The van der Waals surface area contributed by atoms with Crippen LogP contribution in [0.1, 0.15) is 23.2 Å². The Morgan fingerprint density at radius 2 is 2.28 bits per heavy atom. The van der Waals surface area contributed by atoms with Gasteiger partial charge in [0.2, 0.25) is 0 Å². The lowest BCUT2D eigenvalue weighted by Gasteiger charge is -2.06. The van der Waals surface area contributed by atoms with Gasteiger partial charge in [-0.05, 0) is 35.8 Å². The van der Waals surface area contributed by atoms with Gasteiger partial charge in [0.05, 0.1) is 16.4 Å². The molecule has 3 nitrogen and oxygen atoms in total. The predicted molar refractivity (Wildman–Crippen MR) is 80.2 cm³/mol. The van der Waals surface area contributed by atoms with Crippen LogP contribution in [0.4, 0.5) is 0 Å². The molecule has 1 N–H and O–H groups in total. The van der Waals surface area contributed by atoms with Gasteiger partial charge >= 0.3 is 0 Å². The molecule has 0 spiro atoms. The fourth-order valence-electron chi connectivity index (χ4n) is 1.79. The van der Waals surface area contributed by atoms with Crippen LogP contribution in [-0.4, -0.2) is 9.78 Å². The van der Waals surface area contributed by atoms with Gasteiger partial charge in [0.25, 0.3) is 0 Å². The molecule has 0 saturated carbocycles. The number of aromatic nitrogens is 2. The first-order valence-corrected chi connectivity index (χ1v) is 7.82. The van der Waals surface area contributed by atoms with E-state index in [0.29, 0.717) is 0 Å². The van der Waals surface area contributed by atoms with E-state index in [1.807, 2.05) is 11.6 Å². The average Bonchev–Trinajstić information content (AvgIpc) is 2.87. The highest BCUT2D eigenvalue weighted by molar-refractivity contribution is 9.10. The molecule has 0 amide bonds. The lowest BCUT2D eigenvalue weighted by atomic mass is 10.3. The summed E-state index contributed by atoms with van der Waals surface area (Å²) in [5, 5.41) is 10.7. The van der Waals surface area contributed by atoms with Gasteiger partial charge in [0.1, 0.15) is 0 Å². The lowest BCUT2D eigenvalue weighted by Crippen LogP contribution is -2.15. The first-order valence-electron chi connectivity index (χ1n) is 5.77. The number of hydrogen-bond donors (Lipinski definition) is 1. The van der Waals surface area contributed by atoms with Crippen LogP contribution in [0, 0.1) is 6.92 Å². The van der Waals surface area contributed by atoms with Gasteiger partial charge in [-0.2, -0.15) is 5.10 Å². The molecule has 2 heterocycles. The maximum Gasteiger partial charge on any atom is 0.0860 e. The van der Waals surface area contributed by atoms with E-state index < -0.39 is 0 Å². The Balaban J connectivity index is 1.98. The number of thiophene rings is 1. The third kappa shape index (κ3) is 3.15. The Morgan fingerprint density at radius 1 is 1.50 bits per heavy atom. The Hall–Kier alpha value is -0.360. The normalized spacial score (nSPS) is 11.1. The summed E-state index contributed by atoms with van der Waals surface area (Å²) in [5.41, 5.74) is 1.96. The highest BCUT2D eigenvalue weighted by Gasteiger charge is 2.11. The Morgan fingerprint density at radius 3 is 2.89 bits per heavy atom. The largest absolute Gasteiger partial charge is 0.306 e. The van der Waals surface area contributed by atoms with Crippen molar-refractivity contribution in [3.05, 3.63) is 37.2 Å². The second-order valence-electron chi connectivity index (χ2n) is 4.00. The van der Waals surface area contributed by atoms with Crippen molar-refractivity contribution < 1.29 is 0 Å². The van der Waals surface area contributed by atoms with Gasteiger partial charge in [-0.15, -0.1) is 11.3 Å². The first-order chi connectivity index (χ1) is 8.61. The molecule has 2 aromatic heterocycles. The summed E-state index contributed by atoms with van der Waals surface area (Å²) in [5.74, 6) is 0. The SMILES string of the molecule is CCn1nc(C)c(Cl)c1CNCc1cc(Br)cs1. The summed E-state index contributed by atoms with van der Waals surface area (Å²) >= 11 is 11.4. The molecule has 0 aliphatic carbocycles. The summed E-state index contributed by atoms with van der Waals surface area (Å²) in [4.78, 5) is 1.30. The third-order valence-electron chi connectivity index (χ3n) is 2.67. The van der Waals surface area contributed by atoms with Gasteiger partial charge in [0, 0.05) is 34.4 Å². The molecule has 0 saturated heterocycles. The average molecular weight is 349 g/mol. The van der Waals surface area contributed by atoms with E-state index >= 15 is 0 Å². The maximum atomic E-state index is 6.25. The van der Waals surface area contributed by atoms with Crippen LogP contribution in [0.15, 0.2) is 15.9 Å². The van der Waals surface area contributed by atoms with Crippen molar-refractivity contribution in [3.8, 4) is 0 Å². The molecule has 18 heavy (non-hydrogen) atoms. The van der Waals surface area contributed by atoms with Crippen LogP contribution in [-0.2, 0) is 19.6 Å². The first kappa shape index (κ1) is 14.1. The molecule has 0 aliphatic heterocycles. The van der Waals surface area contributed by atoms with Crippen molar-refractivity contribution >= 4 is 38.9 Å². The van der Waals surface area contributed by atoms with Crippen molar-refractivity contribution in [3.63, 3.8) is 0 Å². The van der Waals surface area contributed by atoms with E-state index in [1.165, 1.54) is 4.88 Å². The number of nitrogens with zero attached hydrogens (tertiary/aromatic N) is 2. The Bertz CT molecular complexity index is 535. The zero-order valence-electron chi connectivity index (χ0n) is 10.3. The Labute approximate surface area is 124 Å². The number of rotatable bonds is 5. The van der Waals surface area contributed by atoms with Crippen molar-refractivity contribution in [2.24, 2.45) is 0 Å². The van der Waals surface area contributed by atoms with Gasteiger partial charge < -0.3 is 5.32 Å². The fraction of sp³-hybridized carbons (Fsp3) is 0.417. The highest BCUT2D eigenvalue weighted by Crippen LogP contribution is 2.21. The minimum Gasteiger partial charge on any atom is -0.306 e. The molecule has 98 valence electrons. The molecule has 2 aromatic rings. The van der Waals surface area contributed by atoms with E-state index in [4.69, 9.17) is 11.6 Å². The second kappa shape index (κ2) is 6.19. The van der Waals surface area contributed by atoms with Crippen molar-refractivity contribution in [2.75, 3.05) is 0 Å². The van der Waals surface area contributed by atoms with Crippen LogP contribution in [0.25, 0.3) is 0 Å². The monoisotopic (exact) mass is 347 g/mol. The number of hydrogen-bond acceptors (Lipinski definition) is 3. The van der Waals surface area contributed by atoms with Gasteiger partial charge in [-0.25, -0.2) is 0 Å². The number of nitrogens with one attached hydrogen (secondary N) is 1. The Kier molecular flexibility index (Phi) is 4.84. The minimum absolute atomic E-state index is 0.739. The van der Waals surface area contributed by atoms with Crippen LogP contribution < -0.4 is 5.32 Å². The lowest BCUT2D eigenvalue weighted by molar-refractivity contribution is 0.581. The molecule has 0 atom stereocenters. The zero-order chi connectivity index (χ0) is 13.1. The second-order valence-corrected chi connectivity index (χ2v) is 6.29. The summed E-state index contributed by atoms with van der Waals surface area (Å²) in [6.07, 6.45) is 0. The summed E-state index contributed by atoms with van der Waals surface area (Å²) in [6.45, 7) is 6.44. The standard InChI is InChI=1S/C12H15BrClN3S/c1-3-17-11(12(14)8(2)16-17)6-15-5-10-4-9(13)7-18-10/h4,7,15H,3,5-6H2,1-2H3. The molecule has 0 aliphatic rings. The molecule has 2 rings (SSSR count).